The van der Waals surface area contributed by atoms with Gasteiger partial charge in [-0.25, -0.2) is 4.79 Å². The molecule has 0 heterocycles. The number of hydrogen-bond acceptors (Lipinski definition) is 2. The number of carbonyl (C=O) groups is 2. The lowest BCUT2D eigenvalue weighted by molar-refractivity contribution is -0.139. The Morgan fingerprint density at radius 2 is 2.00 bits per heavy atom. The fourth-order valence-electron chi connectivity index (χ4n) is 1.15. The number of hydrogen-bond donors (Lipinski definition) is 2. The van der Waals surface area contributed by atoms with Crippen LogP contribution in [0.2, 0.25) is 0 Å². The average molecular weight is 285 g/mol. The van der Waals surface area contributed by atoms with E-state index in [9.17, 15) is 9.59 Å². The molecule has 16 heavy (non-hydrogen) atoms. The van der Waals surface area contributed by atoms with Gasteiger partial charge < -0.3 is 10.2 Å². The number of rotatable bonds is 4. The van der Waals surface area contributed by atoms with Gasteiger partial charge in [-0.3, -0.25) is 4.79 Å². The van der Waals surface area contributed by atoms with Crippen molar-refractivity contribution < 1.29 is 19.8 Å². The topological polar surface area (TPSA) is 74.6 Å². The predicted molar refractivity (Wildman–Crippen MR) is 62.0 cm³/mol. The van der Waals surface area contributed by atoms with Crippen molar-refractivity contribution in [3.63, 3.8) is 0 Å². The van der Waals surface area contributed by atoms with Gasteiger partial charge in [0.05, 0.1) is 6.42 Å². The molecule has 1 rings (SSSR count). The van der Waals surface area contributed by atoms with E-state index in [4.69, 9.17) is 10.2 Å². The molecule has 0 aliphatic heterocycles. The van der Waals surface area contributed by atoms with E-state index in [1.807, 2.05) is 0 Å². The summed E-state index contributed by atoms with van der Waals surface area (Å²) in [4.78, 5) is 21.2. The first-order valence-electron chi connectivity index (χ1n) is 4.40. The monoisotopic (exact) mass is 284 g/mol. The Morgan fingerprint density at radius 3 is 2.50 bits per heavy atom. The molecule has 1 aromatic rings. The van der Waals surface area contributed by atoms with Crippen LogP contribution in [-0.4, -0.2) is 22.2 Å². The van der Waals surface area contributed by atoms with Crippen LogP contribution in [-0.2, 0) is 9.59 Å². The average Bonchev–Trinajstić information content (AvgIpc) is 2.15. The summed E-state index contributed by atoms with van der Waals surface area (Å²) >= 11 is 3.25. The van der Waals surface area contributed by atoms with Crippen molar-refractivity contribution in [3.8, 4) is 0 Å². The summed E-state index contributed by atoms with van der Waals surface area (Å²) in [6.07, 6.45) is 0.850. The second-order valence-corrected chi connectivity index (χ2v) is 4.02. The third-order valence-electron chi connectivity index (χ3n) is 1.81. The maximum absolute atomic E-state index is 10.8. The van der Waals surface area contributed by atoms with Crippen LogP contribution in [0.5, 0.6) is 0 Å². The van der Waals surface area contributed by atoms with Crippen molar-refractivity contribution in [2.24, 2.45) is 0 Å². The lowest BCUT2D eigenvalue weighted by Gasteiger charge is -1.99. The second-order valence-electron chi connectivity index (χ2n) is 3.10. The Labute approximate surface area is 100 Å². The van der Waals surface area contributed by atoms with E-state index in [0.29, 0.717) is 5.56 Å². The van der Waals surface area contributed by atoms with Crippen LogP contribution < -0.4 is 0 Å². The van der Waals surface area contributed by atoms with Crippen LogP contribution in [0.4, 0.5) is 0 Å². The number of carboxylic acid groups (broad SMARTS) is 2. The molecule has 0 fully saturated rings. The molecule has 5 heteroatoms. The number of halogens is 1. The van der Waals surface area contributed by atoms with Gasteiger partial charge in [-0.05, 0) is 23.8 Å². The highest BCUT2D eigenvalue weighted by Crippen LogP contribution is 2.15. The summed E-state index contributed by atoms with van der Waals surface area (Å²) in [7, 11) is 0. The van der Waals surface area contributed by atoms with Crippen LogP contribution in [0, 0.1) is 0 Å². The van der Waals surface area contributed by atoms with Gasteiger partial charge in [0.15, 0.2) is 0 Å². The Bertz CT molecular complexity index is 451. The summed E-state index contributed by atoms with van der Waals surface area (Å²) in [5.41, 5.74) is 0.499. The molecule has 84 valence electrons. The largest absolute Gasteiger partial charge is 0.481 e. The molecule has 0 atom stereocenters. The van der Waals surface area contributed by atoms with Crippen LogP contribution in [0.1, 0.15) is 12.0 Å². The van der Waals surface area contributed by atoms with Crippen molar-refractivity contribution >= 4 is 33.9 Å². The van der Waals surface area contributed by atoms with E-state index >= 15 is 0 Å². The quantitative estimate of drug-likeness (QED) is 0.833. The molecule has 0 saturated heterocycles. The Balaban J connectivity index is 3.02. The smallest absolute Gasteiger partial charge is 0.332 e. The highest BCUT2D eigenvalue weighted by atomic mass is 79.9. The van der Waals surface area contributed by atoms with Gasteiger partial charge in [-0.15, -0.1) is 0 Å². The lowest BCUT2D eigenvalue weighted by Crippen LogP contribution is -2.06. The number of carboxylic acids is 2. The van der Waals surface area contributed by atoms with Crippen LogP contribution in [0.15, 0.2) is 34.3 Å². The van der Waals surface area contributed by atoms with Gasteiger partial charge in [0.2, 0.25) is 0 Å². The van der Waals surface area contributed by atoms with E-state index in [-0.39, 0.29) is 5.57 Å². The molecule has 0 unspecified atom stereocenters. The van der Waals surface area contributed by atoms with E-state index in [2.05, 4.69) is 15.9 Å². The normalized spacial score (nSPS) is 11.2. The molecule has 1 aromatic carbocycles. The number of benzene rings is 1. The Hall–Kier alpha value is -1.62. The Kier molecular flexibility index (Phi) is 4.25. The predicted octanol–water partition coefficient (Wildman–Crippen LogP) is 2.39. The van der Waals surface area contributed by atoms with Crippen LogP contribution in [0.25, 0.3) is 6.08 Å². The minimum atomic E-state index is -1.22. The van der Waals surface area contributed by atoms with E-state index in [1.165, 1.54) is 6.08 Å². The summed E-state index contributed by atoms with van der Waals surface area (Å²) in [6.45, 7) is 0. The van der Waals surface area contributed by atoms with Gasteiger partial charge in [0.1, 0.15) is 0 Å². The molecular weight excluding hydrogens is 276 g/mol. The molecule has 0 aromatic heterocycles. The molecular formula is C11H9BrO4. The highest BCUT2D eigenvalue weighted by Gasteiger charge is 2.11. The maximum Gasteiger partial charge on any atom is 0.332 e. The molecule has 0 aliphatic rings. The first-order valence-corrected chi connectivity index (χ1v) is 5.19. The zero-order valence-corrected chi connectivity index (χ0v) is 9.77. The molecule has 0 bridgehead atoms. The highest BCUT2D eigenvalue weighted by molar-refractivity contribution is 9.10. The zero-order chi connectivity index (χ0) is 12.1. The molecule has 0 aliphatic carbocycles. The summed E-state index contributed by atoms with van der Waals surface area (Å²) < 4.78 is 0.807. The van der Waals surface area contributed by atoms with Crippen molar-refractivity contribution in [1.82, 2.24) is 0 Å². The molecule has 0 spiro atoms. The van der Waals surface area contributed by atoms with Gasteiger partial charge in [0.25, 0.3) is 0 Å². The van der Waals surface area contributed by atoms with Gasteiger partial charge in [0, 0.05) is 10.0 Å². The third kappa shape index (κ3) is 3.86. The van der Waals surface area contributed by atoms with Crippen molar-refractivity contribution in [3.05, 3.63) is 39.9 Å². The zero-order valence-electron chi connectivity index (χ0n) is 8.18. The van der Waals surface area contributed by atoms with Crippen molar-refractivity contribution in [1.29, 1.82) is 0 Å². The third-order valence-corrected chi connectivity index (χ3v) is 2.30. The molecule has 0 radical (unpaired) electrons. The minimum absolute atomic E-state index is 0.148. The van der Waals surface area contributed by atoms with Crippen LogP contribution >= 0.6 is 15.9 Å². The fourth-order valence-corrected chi connectivity index (χ4v) is 1.57. The second kappa shape index (κ2) is 5.46. The van der Waals surface area contributed by atoms with Crippen LogP contribution in [0.3, 0.4) is 0 Å². The Morgan fingerprint density at radius 1 is 1.31 bits per heavy atom. The summed E-state index contributed by atoms with van der Waals surface area (Å²) in [5, 5.41) is 17.4. The molecule has 2 N–H and O–H groups in total. The molecule has 0 saturated carbocycles. The summed E-state index contributed by atoms with van der Waals surface area (Å²) in [5.74, 6) is -2.38. The number of aliphatic carboxylic acids is 2. The maximum atomic E-state index is 10.8. The van der Waals surface area contributed by atoms with Gasteiger partial charge in [-0.2, -0.15) is 0 Å². The van der Waals surface area contributed by atoms with Crippen molar-refractivity contribution in [2.45, 2.75) is 6.42 Å². The minimum Gasteiger partial charge on any atom is -0.481 e. The standard InChI is InChI=1S/C11H9BrO4/c12-9-3-1-2-7(5-9)4-8(11(15)16)6-10(13)14/h1-5H,6H2,(H,13,14)(H,15,16)/b8-4+. The van der Waals surface area contributed by atoms with Gasteiger partial charge >= 0.3 is 11.9 Å². The molecule has 0 amide bonds. The van der Waals surface area contributed by atoms with E-state index in [0.717, 1.165) is 4.47 Å². The SMILES string of the molecule is O=C(O)C/C(=C\c1cccc(Br)c1)C(=O)O. The molecule has 4 nitrogen and oxygen atoms in total. The first-order chi connectivity index (χ1) is 7.49. The first kappa shape index (κ1) is 12.4. The van der Waals surface area contributed by atoms with E-state index < -0.39 is 18.4 Å². The van der Waals surface area contributed by atoms with E-state index in [1.54, 1.807) is 24.3 Å². The van der Waals surface area contributed by atoms with Crippen molar-refractivity contribution in [2.75, 3.05) is 0 Å². The van der Waals surface area contributed by atoms with Gasteiger partial charge in [-0.1, -0.05) is 28.1 Å². The summed E-state index contributed by atoms with van der Waals surface area (Å²) in [6, 6.07) is 6.96. The lowest BCUT2D eigenvalue weighted by atomic mass is 10.1. The fraction of sp³-hybridized carbons (Fsp3) is 0.0909.